The van der Waals surface area contributed by atoms with Crippen LogP contribution in [0.15, 0.2) is 54.9 Å². The number of pyridine rings is 1. The number of aromatic hydroxyl groups is 1. The van der Waals surface area contributed by atoms with Crippen LogP contribution >= 0.6 is 0 Å². The number of nitrogens with zero attached hydrogens (tertiary/aromatic N) is 1. The van der Waals surface area contributed by atoms with Gasteiger partial charge in [0.1, 0.15) is 5.97 Å². The summed E-state index contributed by atoms with van der Waals surface area (Å²) in [5.74, 6) is -1.15. The molecule has 92 valence electrons. The molecule has 0 radical (unpaired) electrons. The Morgan fingerprint density at radius 1 is 1.22 bits per heavy atom. The molecule has 1 unspecified atom stereocenters. The maximum atomic E-state index is 11.2. The molecule has 2 aromatic rings. The largest absolute Gasteiger partial charge is 0.543 e. The first-order valence-electron chi connectivity index (χ1n) is 5.61. The molecule has 0 aliphatic rings. The smallest absolute Gasteiger partial charge is 0.211 e. The van der Waals surface area contributed by atoms with Crippen molar-refractivity contribution in [2.75, 3.05) is 0 Å². The van der Waals surface area contributed by atoms with Crippen LogP contribution in [-0.4, -0.2) is 11.1 Å². The van der Waals surface area contributed by atoms with E-state index in [4.69, 9.17) is 0 Å². The molecule has 1 N–H and O–H groups in total. The van der Waals surface area contributed by atoms with Crippen LogP contribution in [0.4, 0.5) is 0 Å². The van der Waals surface area contributed by atoms with Gasteiger partial charge in [0.25, 0.3) is 0 Å². The third kappa shape index (κ3) is 2.85. The zero-order valence-electron chi connectivity index (χ0n) is 9.69. The Labute approximate surface area is 105 Å². The molecule has 1 heterocycles. The molecule has 1 aromatic carbocycles. The number of rotatable bonds is 4. The Kier molecular flexibility index (Phi) is 3.57. The van der Waals surface area contributed by atoms with E-state index in [0.29, 0.717) is 6.42 Å². The molecular formula is C14H13NO3. The van der Waals surface area contributed by atoms with Crippen LogP contribution in [0.1, 0.15) is 11.6 Å². The summed E-state index contributed by atoms with van der Waals surface area (Å²) in [5.41, 5.74) is 0.905. The highest BCUT2D eigenvalue weighted by atomic mass is 16.4. The minimum Gasteiger partial charge on any atom is -0.543 e. The fourth-order valence-electron chi connectivity index (χ4n) is 1.82. The van der Waals surface area contributed by atoms with Gasteiger partial charge in [-0.1, -0.05) is 30.3 Å². The van der Waals surface area contributed by atoms with Crippen LogP contribution in [0.25, 0.3) is 0 Å². The lowest BCUT2D eigenvalue weighted by atomic mass is 10.1. The van der Waals surface area contributed by atoms with Crippen LogP contribution in [0, 0.1) is 0 Å². The predicted molar refractivity (Wildman–Crippen MR) is 62.5 cm³/mol. The lowest BCUT2D eigenvalue weighted by molar-refractivity contribution is -0.716. The lowest BCUT2D eigenvalue weighted by Crippen LogP contribution is -2.50. The summed E-state index contributed by atoms with van der Waals surface area (Å²) >= 11 is 0. The van der Waals surface area contributed by atoms with Crippen molar-refractivity contribution in [3.8, 4) is 5.75 Å². The fraction of sp³-hybridized carbons (Fsp3) is 0.143. The van der Waals surface area contributed by atoms with Gasteiger partial charge in [0.2, 0.25) is 12.2 Å². The van der Waals surface area contributed by atoms with E-state index in [1.54, 1.807) is 12.3 Å². The minimum atomic E-state index is -1.17. The van der Waals surface area contributed by atoms with Gasteiger partial charge in [-0.2, -0.15) is 4.57 Å². The zero-order valence-corrected chi connectivity index (χ0v) is 9.69. The average Bonchev–Trinajstić information content (AvgIpc) is 2.37. The maximum absolute atomic E-state index is 11.2. The normalized spacial score (nSPS) is 12.0. The van der Waals surface area contributed by atoms with Gasteiger partial charge >= 0.3 is 0 Å². The van der Waals surface area contributed by atoms with E-state index in [0.717, 1.165) is 5.56 Å². The Balaban J connectivity index is 2.27. The molecule has 0 spiro atoms. The van der Waals surface area contributed by atoms with E-state index in [-0.39, 0.29) is 5.75 Å². The van der Waals surface area contributed by atoms with Crippen LogP contribution in [0.3, 0.4) is 0 Å². The highest BCUT2D eigenvalue weighted by Crippen LogP contribution is 2.10. The van der Waals surface area contributed by atoms with Crippen molar-refractivity contribution in [1.82, 2.24) is 0 Å². The lowest BCUT2D eigenvalue weighted by Gasteiger charge is -2.13. The molecule has 0 aliphatic carbocycles. The quantitative estimate of drug-likeness (QED) is 0.781. The third-order valence-corrected chi connectivity index (χ3v) is 2.71. The summed E-state index contributed by atoms with van der Waals surface area (Å²) in [6, 6.07) is 11.6. The Bertz CT molecular complexity index is 540. The summed E-state index contributed by atoms with van der Waals surface area (Å²) in [5, 5.41) is 20.6. The van der Waals surface area contributed by atoms with Crippen molar-refractivity contribution in [3.63, 3.8) is 0 Å². The van der Waals surface area contributed by atoms with Crippen LogP contribution in [0.5, 0.6) is 5.75 Å². The molecule has 4 nitrogen and oxygen atoms in total. The summed E-state index contributed by atoms with van der Waals surface area (Å²) in [4.78, 5) is 11.2. The molecule has 0 amide bonds. The second-order valence-corrected chi connectivity index (χ2v) is 4.03. The second kappa shape index (κ2) is 5.31. The van der Waals surface area contributed by atoms with E-state index in [1.165, 1.54) is 16.8 Å². The van der Waals surface area contributed by atoms with Gasteiger partial charge in [0.15, 0.2) is 11.9 Å². The monoisotopic (exact) mass is 243 g/mol. The van der Waals surface area contributed by atoms with Gasteiger partial charge in [-0.05, 0) is 11.6 Å². The summed E-state index contributed by atoms with van der Waals surface area (Å²) in [6.07, 6.45) is 3.30. The number of carbonyl (C=O) groups is 1. The number of aromatic nitrogens is 1. The van der Waals surface area contributed by atoms with Crippen LogP contribution in [-0.2, 0) is 11.2 Å². The van der Waals surface area contributed by atoms with E-state index >= 15 is 0 Å². The van der Waals surface area contributed by atoms with Crippen LogP contribution in [0.2, 0.25) is 0 Å². The van der Waals surface area contributed by atoms with Crippen LogP contribution < -0.4 is 9.67 Å². The van der Waals surface area contributed by atoms with Gasteiger partial charge in [-0.3, -0.25) is 0 Å². The van der Waals surface area contributed by atoms with Crippen molar-refractivity contribution in [2.24, 2.45) is 0 Å². The molecule has 0 saturated heterocycles. The summed E-state index contributed by atoms with van der Waals surface area (Å²) in [7, 11) is 0. The average molecular weight is 243 g/mol. The molecular weight excluding hydrogens is 230 g/mol. The number of aliphatic carboxylic acids is 1. The van der Waals surface area contributed by atoms with Gasteiger partial charge in [-0.15, -0.1) is 0 Å². The molecule has 1 aromatic heterocycles. The topological polar surface area (TPSA) is 64.2 Å². The number of hydrogen-bond donors (Lipinski definition) is 1. The molecule has 0 bridgehead atoms. The Hall–Kier alpha value is -2.36. The second-order valence-electron chi connectivity index (χ2n) is 4.03. The molecule has 18 heavy (non-hydrogen) atoms. The van der Waals surface area contributed by atoms with E-state index in [2.05, 4.69) is 0 Å². The third-order valence-electron chi connectivity index (χ3n) is 2.71. The number of carbonyl (C=O) groups excluding carboxylic acids is 1. The molecule has 0 saturated carbocycles. The number of carboxylic acids is 1. The Morgan fingerprint density at radius 2 is 1.94 bits per heavy atom. The van der Waals surface area contributed by atoms with E-state index in [9.17, 15) is 15.0 Å². The first-order chi connectivity index (χ1) is 8.66. The SMILES string of the molecule is O=C([O-])C(Cc1ccccc1)[n+]1cccc(O)c1. The Morgan fingerprint density at radius 3 is 2.56 bits per heavy atom. The predicted octanol–water partition coefficient (Wildman–Crippen LogP) is 0.213. The standard InChI is InChI=1S/C14H13NO3/c16-12-7-4-8-15(10-12)13(14(17)18)9-11-5-2-1-3-6-11/h1-8,10,13H,9H2,(H-,16,17,18). The fourth-order valence-corrected chi connectivity index (χ4v) is 1.82. The van der Waals surface area contributed by atoms with Gasteiger partial charge < -0.3 is 15.0 Å². The highest BCUT2D eigenvalue weighted by molar-refractivity contribution is 5.68. The van der Waals surface area contributed by atoms with Crippen molar-refractivity contribution < 1.29 is 19.6 Å². The number of carboxylic acid groups (broad SMARTS) is 1. The minimum absolute atomic E-state index is 0.0248. The maximum Gasteiger partial charge on any atom is 0.211 e. The highest BCUT2D eigenvalue weighted by Gasteiger charge is 2.20. The van der Waals surface area contributed by atoms with Crippen molar-refractivity contribution in [2.45, 2.75) is 12.5 Å². The van der Waals surface area contributed by atoms with Crippen molar-refractivity contribution in [3.05, 3.63) is 60.4 Å². The first kappa shape index (κ1) is 12.1. The van der Waals surface area contributed by atoms with Gasteiger partial charge in [0.05, 0.1) is 0 Å². The number of hydrogen-bond acceptors (Lipinski definition) is 3. The van der Waals surface area contributed by atoms with Gasteiger partial charge in [0, 0.05) is 12.5 Å². The molecule has 1 atom stereocenters. The number of benzene rings is 1. The van der Waals surface area contributed by atoms with Crippen molar-refractivity contribution >= 4 is 5.97 Å². The summed E-state index contributed by atoms with van der Waals surface area (Å²) < 4.78 is 1.44. The molecule has 0 fully saturated rings. The molecule has 0 aliphatic heterocycles. The molecule has 2 rings (SSSR count). The van der Waals surface area contributed by atoms with Crippen molar-refractivity contribution in [1.29, 1.82) is 0 Å². The first-order valence-corrected chi connectivity index (χ1v) is 5.61. The summed E-state index contributed by atoms with van der Waals surface area (Å²) in [6.45, 7) is 0. The zero-order chi connectivity index (χ0) is 13.0. The van der Waals surface area contributed by atoms with E-state index < -0.39 is 12.0 Å². The molecule has 4 heteroatoms. The van der Waals surface area contributed by atoms with Gasteiger partial charge in [-0.25, -0.2) is 0 Å². The van der Waals surface area contributed by atoms with E-state index in [1.807, 2.05) is 30.3 Å².